The number of aliphatic hydroxyl groups is 3. The van der Waals surface area contributed by atoms with Crippen LogP contribution in [0.25, 0.3) is 0 Å². The Morgan fingerprint density at radius 2 is 1.96 bits per heavy atom. The third-order valence-corrected chi connectivity index (χ3v) is 3.71. The van der Waals surface area contributed by atoms with Gasteiger partial charge in [0.15, 0.2) is 0 Å². The number of aliphatic imine (C=N–C) groups is 1. The van der Waals surface area contributed by atoms with Crippen molar-refractivity contribution >= 4 is 33.8 Å². The van der Waals surface area contributed by atoms with E-state index in [0.717, 1.165) is 0 Å². The summed E-state index contributed by atoms with van der Waals surface area (Å²) in [6, 6.07) is 5.76. The Balaban J connectivity index is 0.000000828. The molecule has 6 N–H and O–H groups in total. The van der Waals surface area contributed by atoms with E-state index in [9.17, 15) is 15.3 Å². The quantitative estimate of drug-likeness (QED) is 0.189. The van der Waals surface area contributed by atoms with Gasteiger partial charge >= 0.3 is 37.4 Å². The molecule has 8 nitrogen and oxygen atoms in total. The molecule has 0 aliphatic carbocycles. The monoisotopic (exact) mass is 509 g/mol. The van der Waals surface area contributed by atoms with E-state index in [1.165, 1.54) is 12.3 Å². The molecule has 0 saturated carbocycles. The second-order valence-electron chi connectivity index (χ2n) is 6.24. The first-order chi connectivity index (χ1) is 12.8. The van der Waals surface area contributed by atoms with Crippen LogP contribution in [0.3, 0.4) is 0 Å². The van der Waals surface area contributed by atoms with Gasteiger partial charge in [0.25, 0.3) is 0 Å². The molecule has 10 heteroatoms. The molecule has 0 bridgehead atoms. The first-order valence-corrected chi connectivity index (χ1v) is 17.9. The fraction of sp³-hybridized carbons (Fsp3) is 0.588. The Kier molecular flexibility index (Phi) is 11.7. The van der Waals surface area contributed by atoms with Gasteiger partial charge < -0.3 is 30.9 Å². The van der Waals surface area contributed by atoms with Crippen LogP contribution in [-0.4, -0.2) is 90.4 Å². The normalized spacial score (nSPS) is 27.9. The minimum absolute atomic E-state index is 0.0928. The van der Waals surface area contributed by atoms with Crippen LogP contribution >= 0.6 is 8.92 Å². The molecule has 0 amide bonds. The average Bonchev–Trinajstić information content (AvgIpc) is 2.62. The predicted octanol–water partition coefficient (Wildman–Crippen LogP) is -0.989. The van der Waals surface area contributed by atoms with Crippen LogP contribution in [0.5, 0.6) is 5.75 Å². The number of ether oxygens (including phenoxy) is 1. The SMILES string of the molecule is N[C@@H]1[C@@H](O)[C@H](O)[C@@H](CO)O[C@H]1NCCN=Cc1ccccc1[O-].[CH3][Sn+]([CH3])[Cl]. The van der Waals surface area contributed by atoms with E-state index in [2.05, 4.69) is 20.2 Å². The summed E-state index contributed by atoms with van der Waals surface area (Å²) in [6.07, 6.45) is -2.50. The zero-order valence-electron chi connectivity index (χ0n) is 15.5. The Morgan fingerprint density at radius 1 is 1.33 bits per heavy atom. The van der Waals surface area contributed by atoms with Crippen molar-refractivity contribution in [2.24, 2.45) is 10.7 Å². The third kappa shape index (κ3) is 8.61. The summed E-state index contributed by atoms with van der Waals surface area (Å²) in [5, 5.41) is 43.1. The maximum atomic E-state index is 11.5. The van der Waals surface area contributed by atoms with Gasteiger partial charge in [-0.25, -0.2) is 0 Å². The fourth-order valence-corrected chi connectivity index (χ4v) is 2.34. The van der Waals surface area contributed by atoms with Gasteiger partial charge in [0.05, 0.1) is 19.2 Å². The van der Waals surface area contributed by atoms with Crippen molar-refractivity contribution in [3.63, 3.8) is 0 Å². The fourth-order valence-electron chi connectivity index (χ4n) is 2.34. The number of para-hydroxylation sites is 1. The van der Waals surface area contributed by atoms with Gasteiger partial charge in [-0.3, -0.25) is 10.3 Å². The van der Waals surface area contributed by atoms with E-state index >= 15 is 0 Å². The first kappa shape index (κ1) is 24.6. The minimum atomic E-state index is -1.22. The molecule has 1 aromatic rings. The van der Waals surface area contributed by atoms with Crippen LogP contribution in [0.15, 0.2) is 29.3 Å². The number of hydrogen-bond donors (Lipinski definition) is 5. The number of nitrogens with one attached hydrogen (secondary N) is 1. The van der Waals surface area contributed by atoms with Crippen LogP contribution in [0.2, 0.25) is 9.88 Å². The molecule has 0 radical (unpaired) electrons. The van der Waals surface area contributed by atoms with Gasteiger partial charge in [0, 0.05) is 12.8 Å². The summed E-state index contributed by atoms with van der Waals surface area (Å²) in [5.41, 5.74) is 6.31. The Hall–Kier alpha value is -0.461. The van der Waals surface area contributed by atoms with Gasteiger partial charge in [-0.05, 0) is 5.56 Å². The Bertz CT molecular complexity index is 576. The first-order valence-electron chi connectivity index (χ1n) is 8.60. The molecule has 1 aliphatic rings. The van der Waals surface area contributed by atoms with Crippen molar-refractivity contribution in [1.82, 2.24) is 5.32 Å². The zero-order chi connectivity index (χ0) is 20.4. The van der Waals surface area contributed by atoms with Crippen molar-refractivity contribution in [1.29, 1.82) is 0 Å². The van der Waals surface area contributed by atoms with Gasteiger partial charge in [-0.2, -0.15) is 0 Å². The number of hydrogen-bond acceptors (Lipinski definition) is 8. The molecule has 1 aliphatic heterocycles. The second kappa shape index (κ2) is 12.9. The summed E-state index contributed by atoms with van der Waals surface area (Å²) in [4.78, 5) is 8.40. The van der Waals surface area contributed by atoms with Crippen molar-refractivity contribution in [3.8, 4) is 5.75 Å². The second-order valence-corrected chi connectivity index (χ2v) is 16.3. The number of benzene rings is 1. The molecular formula is C17H28ClN3O5Sn. The molecule has 0 aromatic heterocycles. The standard InChI is InChI=1S/C15H23N3O5.2CH3.ClH.Sn/c16-12-14(22)13(21)11(8-19)23-15(12)18-6-5-17-7-9-3-1-2-4-10(9)20;;;;/h1-4,7,11-15,18-22H,5-6,8,16H2;2*1H3;1H;/q;;;;+2/p-2/t11-,12-,13-,14-,15-;;;;/m1..../s1. The van der Waals surface area contributed by atoms with Crippen LogP contribution in [0, 0.1) is 0 Å². The number of nitrogens with two attached hydrogens (primary N) is 1. The number of aliphatic hydroxyl groups excluding tert-OH is 3. The van der Waals surface area contributed by atoms with Crippen molar-refractivity contribution in [3.05, 3.63) is 29.8 Å². The van der Waals surface area contributed by atoms with Gasteiger partial charge in [-0.15, -0.1) is 5.75 Å². The summed E-state index contributed by atoms with van der Waals surface area (Å²) < 4.78 is 5.42. The predicted molar refractivity (Wildman–Crippen MR) is 105 cm³/mol. The molecule has 5 atom stereocenters. The topological polar surface area (TPSA) is 143 Å². The molecule has 1 saturated heterocycles. The summed E-state index contributed by atoms with van der Waals surface area (Å²) in [6.45, 7) is 0.363. The van der Waals surface area contributed by atoms with Gasteiger partial charge in [0.1, 0.15) is 24.5 Å². The average molecular weight is 509 g/mol. The molecule has 1 fully saturated rings. The van der Waals surface area contributed by atoms with E-state index in [0.29, 0.717) is 18.7 Å². The van der Waals surface area contributed by atoms with Crippen molar-refractivity contribution < 1.29 is 25.2 Å². The van der Waals surface area contributed by atoms with E-state index in [-0.39, 0.29) is 5.75 Å². The van der Waals surface area contributed by atoms with E-state index < -0.39 is 55.8 Å². The summed E-state index contributed by atoms with van der Waals surface area (Å²) >= 11 is -1.07. The molecule has 1 heterocycles. The third-order valence-electron chi connectivity index (χ3n) is 3.71. The molecule has 152 valence electrons. The Labute approximate surface area is 170 Å². The number of rotatable bonds is 6. The van der Waals surface area contributed by atoms with Crippen LogP contribution in [0.1, 0.15) is 5.56 Å². The summed E-state index contributed by atoms with van der Waals surface area (Å²) in [7, 11) is 5.47. The van der Waals surface area contributed by atoms with Crippen LogP contribution in [0.4, 0.5) is 0 Å². The molecule has 0 spiro atoms. The molecule has 27 heavy (non-hydrogen) atoms. The molecule has 0 unspecified atom stereocenters. The Morgan fingerprint density at radius 3 is 2.56 bits per heavy atom. The number of halogens is 1. The van der Waals surface area contributed by atoms with Crippen molar-refractivity contribution in [2.75, 3.05) is 19.7 Å². The molecular weight excluding hydrogens is 480 g/mol. The molecule has 1 aromatic carbocycles. The van der Waals surface area contributed by atoms with Crippen LogP contribution in [-0.2, 0) is 4.74 Å². The van der Waals surface area contributed by atoms with Gasteiger partial charge in [-0.1, -0.05) is 24.3 Å². The summed E-state index contributed by atoms with van der Waals surface area (Å²) in [5.74, 6) is -0.0928. The van der Waals surface area contributed by atoms with E-state index in [1.54, 1.807) is 18.2 Å². The maximum absolute atomic E-state index is 11.5. The van der Waals surface area contributed by atoms with Crippen molar-refractivity contribution in [2.45, 2.75) is 40.5 Å². The number of nitrogens with zero attached hydrogens (tertiary/aromatic N) is 1. The zero-order valence-corrected chi connectivity index (χ0v) is 19.1. The van der Waals surface area contributed by atoms with E-state index in [4.69, 9.17) is 24.5 Å². The van der Waals surface area contributed by atoms with Gasteiger partial charge in [0.2, 0.25) is 0 Å². The molecule has 2 rings (SSSR count). The van der Waals surface area contributed by atoms with Crippen LogP contribution < -0.4 is 16.2 Å². The van der Waals surface area contributed by atoms with E-state index in [1.807, 2.05) is 0 Å².